The number of benzene rings is 1. The van der Waals surface area contributed by atoms with Gasteiger partial charge in [0.15, 0.2) is 5.82 Å². The van der Waals surface area contributed by atoms with Gasteiger partial charge in [0.25, 0.3) is 0 Å². The molecular weight excluding hydrogens is 250 g/mol. The molecule has 1 heterocycles. The zero-order valence-corrected chi connectivity index (χ0v) is 12.1. The van der Waals surface area contributed by atoms with E-state index >= 15 is 0 Å². The van der Waals surface area contributed by atoms with Gasteiger partial charge in [0.05, 0.1) is 6.04 Å². The van der Waals surface area contributed by atoms with Gasteiger partial charge in [0, 0.05) is 11.3 Å². The minimum atomic E-state index is 0.382. The Bertz CT molecular complexity index is 584. The van der Waals surface area contributed by atoms with Gasteiger partial charge >= 0.3 is 0 Å². The number of nitrogen functional groups attached to an aromatic ring is 1. The lowest BCUT2D eigenvalue weighted by molar-refractivity contribution is 0.239. The van der Waals surface area contributed by atoms with E-state index < -0.39 is 0 Å². The van der Waals surface area contributed by atoms with E-state index in [-0.39, 0.29) is 0 Å². The van der Waals surface area contributed by atoms with Crippen LogP contribution in [0.3, 0.4) is 0 Å². The van der Waals surface area contributed by atoms with Crippen LogP contribution in [-0.4, -0.2) is 20.2 Å². The van der Waals surface area contributed by atoms with Crippen LogP contribution in [0.1, 0.15) is 44.2 Å². The van der Waals surface area contributed by atoms with Gasteiger partial charge in [-0.25, -0.2) is 4.68 Å². The molecule has 106 valence electrons. The molecule has 5 heteroatoms. The average Bonchev–Trinajstić information content (AvgIpc) is 2.88. The SMILES string of the molecule is Cc1cccc(N)c1-c1nnnn1C1CCCCC1C. The highest BCUT2D eigenvalue weighted by atomic mass is 15.6. The molecular formula is C15H21N5. The summed E-state index contributed by atoms with van der Waals surface area (Å²) in [5.74, 6) is 1.41. The van der Waals surface area contributed by atoms with Gasteiger partial charge in [0.2, 0.25) is 0 Å². The maximum atomic E-state index is 6.14. The molecule has 20 heavy (non-hydrogen) atoms. The van der Waals surface area contributed by atoms with Crippen LogP contribution in [0.2, 0.25) is 0 Å². The molecule has 0 bridgehead atoms. The van der Waals surface area contributed by atoms with Gasteiger partial charge in [-0.15, -0.1) is 5.10 Å². The topological polar surface area (TPSA) is 69.6 Å². The van der Waals surface area contributed by atoms with Gasteiger partial charge in [0.1, 0.15) is 0 Å². The molecule has 0 radical (unpaired) electrons. The summed E-state index contributed by atoms with van der Waals surface area (Å²) in [4.78, 5) is 0. The van der Waals surface area contributed by atoms with Crippen LogP contribution in [0.4, 0.5) is 5.69 Å². The fraction of sp³-hybridized carbons (Fsp3) is 0.533. The number of hydrogen-bond donors (Lipinski definition) is 1. The van der Waals surface area contributed by atoms with Crippen molar-refractivity contribution in [3.05, 3.63) is 23.8 Å². The molecule has 3 rings (SSSR count). The number of tetrazole rings is 1. The largest absolute Gasteiger partial charge is 0.398 e. The highest BCUT2D eigenvalue weighted by Gasteiger charge is 2.27. The lowest BCUT2D eigenvalue weighted by Crippen LogP contribution is -2.23. The Labute approximate surface area is 119 Å². The van der Waals surface area contributed by atoms with Crippen molar-refractivity contribution in [2.45, 2.75) is 45.6 Å². The Morgan fingerprint density at radius 2 is 2.05 bits per heavy atom. The first-order valence-corrected chi connectivity index (χ1v) is 7.32. The van der Waals surface area contributed by atoms with Crippen molar-refractivity contribution in [3.8, 4) is 11.4 Å². The summed E-state index contributed by atoms with van der Waals surface area (Å²) in [5, 5.41) is 12.4. The normalized spacial score (nSPS) is 22.9. The Morgan fingerprint density at radius 1 is 1.25 bits per heavy atom. The maximum absolute atomic E-state index is 6.14. The summed E-state index contributed by atoms with van der Waals surface area (Å²) in [6.45, 7) is 4.34. The smallest absolute Gasteiger partial charge is 0.184 e. The third-order valence-electron chi connectivity index (χ3n) is 4.40. The number of nitrogens with zero attached hydrogens (tertiary/aromatic N) is 4. The van der Waals surface area contributed by atoms with Crippen LogP contribution in [0.25, 0.3) is 11.4 Å². The molecule has 1 aliphatic carbocycles. The zero-order chi connectivity index (χ0) is 14.1. The van der Waals surface area contributed by atoms with E-state index in [2.05, 4.69) is 35.4 Å². The molecule has 1 aliphatic rings. The highest BCUT2D eigenvalue weighted by molar-refractivity contribution is 5.74. The third-order valence-corrected chi connectivity index (χ3v) is 4.40. The predicted molar refractivity (Wildman–Crippen MR) is 79.1 cm³/mol. The summed E-state index contributed by atoms with van der Waals surface area (Å²) in [5.41, 5.74) is 8.96. The Morgan fingerprint density at radius 3 is 2.80 bits per heavy atom. The monoisotopic (exact) mass is 271 g/mol. The second kappa shape index (κ2) is 5.23. The van der Waals surface area contributed by atoms with Crippen molar-refractivity contribution in [2.24, 2.45) is 5.92 Å². The highest BCUT2D eigenvalue weighted by Crippen LogP contribution is 2.36. The molecule has 0 aliphatic heterocycles. The minimum absolute atomic E-state index is 0.382. The van der Waals surface area contributed by atoms with Crippen LogP contribution >= 0.6 is 0 Å². The Hall–Kier alpha value is -1.91. The molecule has 1 fully saturated rings. The van der Waals surface area contributed by atoms with E-state index in [1.165, 1.54) is 19.3 Å². The molecule has 2 atom stereocenters. The van der Waals surface area contributed by atoms with Crippen molar-refractivity contribution in [1.82, 2.24) is 20.2 Å². The molecule has 1 aromatic heterocycles. The summed E-state index contributed by atoms with van der Waals surface area (Å²) in [7, 11) is 0. The summed E-state index contributed by atoms with van der Waals surface area (Å²) >= 11 is 0. The molecule has 1 aromatic carbocycles. The van der Waals surface area contributed by atoms with Crippen molar-refractivity contribution in [1.29, 1.82) is 0 Å². The molecule has 5 nitrogen and oxygen atoms in total. The standard InChI is InChI=1S/C15H21N5/c1-10-6-3-4-9-13(10)20-15(17-18-19-20)14-11(2)7-5-8-12(14)16/h5,7-8,10,13H,3-4,6,9,16H2,1-2H3. The minimum Gasteiger partial charge on any atom is -0.398 e. The van der Waals surface area contributed by atoms with Gasteiger partial charge in [-0.05, 0) is 47.7 Å². The number of hydrogen-bond acceptors (Lipinski definition) is 4. The number of anilines is 1. The molecule has 1 saturated carbocycles. The van der Waals surface area contributed by atoms with Gasteiger partial charge in [-0.1, -0.05) is 31.9 Å². The Balaban J connectivity index is 2.06. The van der Waals surface area contributed by atoms with Crippen LogP contribution in [-0.2, 0) is 0 Å². The van der Waals surface area contributed by atoms with Crippen LogP contribution in [0.15, 0.2) is 18.2 Å². The van der Waals surface area contributed by atoms with Gasteiger partial charge in [-0.3, -0.25) is 0 Å². The average molecular weight is 271 g/mol. The number of nitrogens with two attached hydrogens (primary N) is 1. The number of aromatic nitrogens is 4. The lowest BCUT2D eigenvalue weighted by Gasteiger charge is -2.29. The van der Waals surface area contributed by atoms with Crippen molar-refractivity contribution in [2.75, 3.05) is 5.73 Å². The summed E-state index contributed by atoms with van der Waals surface area (Å²) < 4.78 is 1.99. The molecule has 2 unspecified atom stereocenters. The van der Waals surface area contributed by atoms with Crippen molar-refractivity contribution < 1.29 is 0 Å². The molecule has 2 N–H and O–H groups in total. The quantitative estimate of drug-likeness (QED) is 0.852. The van der Waals surface area contributed by atoms with Gasteiger partial charge < -0.3 is 5.73 Å². The molecule has 0 saturated heterocycles. The fourth-order valence-corrected chi connectivity index (χ4v) is 3.24. The molecule has 0 amide bonds. The first-order valence-electron chi connectivity index (χ1n) is 7.32. The van der Waals surface area contributed by atoms with E-state index in [0.717, 1.165) is 29.1 Å². The lowest BCUT2D eigenvalue weighted by atomic mass is 9.86. The second-order valence-electron chi connectivity index (χ2n) is 5.82. The van der Waals surface area contributed by atoms with Crippen molar-refractivity contribution in [3.63, 3.8) is 0 Å². The summed E-state index contributed by atoms with van der Waals surface area (Å²) in [6, 6.07) is 6.31. The van der Waals surface area contributed by atoms with Crippen molar-refractivity contribution >= 4 is 5.69 Å². The fourth-order valence-electron chi connectivity index (χ4n) is 3.24. The van der Waals surface area contributed by atoms with E-state index in [1.54, 1.807) is 0 Å². The summed E-state index contributed by atoms with van der Waals surface area (Å²) in [6.07, 6.45) is 4.94. The van der Waals surface area contributed by atoms with Crippen LogP contribution in [0.5, 0.6) is 0 Å². The van der Waals surface area contributed by atoms with E-state index in [1.807, 2.05) is 16.8 Å². The van der Waals surface area contributed by atoms with E-state index in [4.69, 9.17) is 5.73 Å². The third kappa shape index (κ3) is 2.17. The van der Waals surface area contributed by atoms with E-state index in [0.29, 0.717) is 12.0 Å². The maximum Gasteiger partial charge on any atom is 0.184 e. The Kier molecular flexibility index (Phi) is 3.42. The number of rotatable bonds is 2. The number of aryl methyl sites for hydroxylation is 1. The zero-order valence-electron chi connectivity index (χ0n) is 12.1. The molecule has 0 spiro atoms. The first kappa shape index (κ1) is 13.1. The van der Waals surface area contributed by atoms with Crippen LogP contribution < -0.4 is 5.73 Å². The van der Waals surface area contributed by atoms with E-state index in [9.17, 15) is 0 Å². The van der Waals surface area contributed by atoms with Gasteiger partial charge in [-0.2, -0.15) is 0 Å². The van der Waals surface area contributed by atoms with Crippen LogP contribution in [0, 0.1) is 12.8 Å². The predicted octanol–water partition coefficient (Wildman–Crippen LogP) is 2.98. The second-order valence-corrected chi connectivity index (χ2v) is 5.82. The first-order chi connectivity index (χ1) is 9.68. The molecule has 2 aromatic rings.